The SMILES string of the molecule is C=CCCCCCC(O)c1ccoc1C. The van der Waals surface area contributed by atoms with Gasteiger partial charge in [0.1, 0.15) is 5.76 Å². The van der Waals surface area contributed by atoms with Crippen molar-refractivity contribution in [1.29, 1.82) is 0 Å². The molecule has 1 heterocycles. The van der Waals surface area contributed by atoms with Crippen LogP contribution in [-0.2, 0) is 0 Å². The Hall–Kier alpha value is -1.02. The Morgan fingerprint density at radius 2 is 2.27 bits per heavy atom. The topological polar surface area (TPSA) is 33.4 Å². The van der Waals surface area contributed by atoms with Crippen molar-refractivity contribution in [2.45, 2.75) is 45.1 Å². The zero-order valence-corrected chi connectivity index (χ0v) is 9.41. The molecule has 0 saturated carbocycles. The van der Waals surface area contributed by atoms with Gasteiger partial charge in [-0.2, -0.15) is 0 Å². The lowest BCUT2D eigenvalue weighted by Crippen LogP contribution is -1.97. The van der Waals surface area contributed by atoms with Gasteiger partial charge in [0, 0.05) is 5.56 Å². The van der Waals surface area contributed by atoms with Crippen LogP contribution >= 0.6 is 0 Å². The molecule has 0 aliphatic carbocycles. The maximum atomic E-state index is 9.87. The molecule has 0 aromatic carbocycles. The van der Waals surface area contributed by atoms with Crippen molar-refractivity contribution in [2.24, 2.45) is 0 Å². The second kappa shape index (κ2) is 6.46. The van der Waals surface area contributed by atoms with E-state index in [1.54, 1.807) is 6.26 Å². The third kappa shape index (κ3) is 3.92. The fourth-order valence-corrected chi connectivity index (χ4v) is 1.70. The van der Waals surface area contributed by atoms with Gasteiger partial charge in [-0.1, -0.05) is 18.9 Å². The molecule has 0 radical (unpaired) electrons. The number of allylic oxidation sites excluding steroid dienone is 1. The third-order valence-corrected chi connectivity index (χ3v) is 2.64. The molecule has 1 rings (SSSR count). The van der Waals surface area contributed by atoms with E-state index in [9.17, 15) is 5.11 Å². The monoisotopic (exact) mass is 208 g/mol. The van der Waals surface area contributed by atoms with Gasteiger partial charge in [-0.15, -0.1) is 6.58 Å². The number of aliphatic hydroxyl groups excluding tert-OH is 1. The Bertz CT molecular complexity index is 288. The van der Waals surface area contributed by atoms with Crippen LogP contribution < -0.4 is 0 Å². The minimum Gasteiger partial charge on any atom is -0.469 e. The first-order valence-electron chi connectivity index (χ1n) is 5.58. The fourth-order valence-electron chi connectivity index (χ4n) is 1.70. The van der Waals surface area contributed by atoms with E-state index in [1.165, 1.54) is 6.42 Å². The highest BCUT2D eigenvalue weighted by molar-refractivity contribution is 5.18. The predicted molar refractivity (Wildman–Crippen MR) is 61.7 cm³/mol. The van der Waals surface area contributed by atoms with E-state index in [-0.39, 0.29) is 6.10 Å². The summed E-state index contributed by atoms with van der Waals surface area (Å²) in [6, 6.07) is 1.85. The van der Waals surface area contributed by atoms with E-state index in [2.05, 4.69) is 6.58 Å². The van der Waals surface area contributed by atoms with Crippen molar-refractivity contribution in [1.82, 2.24) is 0 Å². The molecule has 15 heavy (non-hydrogen) atoms. The molecule has 0 fully saturated rings. The average Bonchev–Trinajstić information content (AvgIpc) is 2.64. The van der Waals surface area contributed by atoms with Crippen LogP contribution in [0.4, 0.5) is 0 Å². The van der Waals surface area contributed by atoms with Crippen molar-refractivity contribution in [2.75, 3.05) is 0 Å². The number of rotatable bonds is 7. The van der Waals surface area contributed by atoms with Crippen LogP contribution in [0.25, 0.3) is 0 Å². The summed E-state index contributed by atoms with van der Waals surface area (Å²) in [5.41, 5.74) is 0.929. The van der Waals surface area contributed by atoms with Crippen LogP contribution in [0.15, 0.2) is 29.4 Å². The highest BCUT2D eigenvalue weighted by Crippen LogP contribution is 2.23. The maximum absolute atomic E-state index is 9.87. The number of furan rings is 1. The van der Waals surface area contributed by atoms with Crippen molar-refractivity contribution >= 4 is 0 Å². The number of aliphatic hydroxyl groups is 1. The maximum Gasteiger partial charge on any atom is 0.106 e. The van der Waals surface area contributed by atoms with Gasteiger partial charge in [0.2, 0.25) is 0 Å². The Kier molecular flexibility index (Phi) is 5.19. The number of aryl methyl sites for hydroxylation is 1. The third-order valence-electron chi connectivity index (χ3n) is 2.64. The second-order valence-corrected chi connectivity index (χ2v) is 3.87. The first-order chi connectivity index (χ1) is 7.25. The molecular weight excluding hydrogens is 188 g/mol. The standard InChI is InChI=1S/C13H20O2/c1-3-4-5-6-7-8-13(14)12-9-10-15-11(12)2/h3,9-10,13-14H,1,4-8H2,2H3. The first kappa shape index (κ1) is 12.1. The average molecular weight is 208 g/mol. The molecule has 0 amide bonds. The molecular formula is C13H20O2. The Morgan fingerprint density at radius 3 is 2.87 bits per heavy atom. The summed E-state index contributed by atoms with van der Waals surface area (Å²) in [7, 11) is 0. The van der Waals surface area contributed by atoms with Crippen molar-refractivity contribution in [3.05, 3.63) is 36.3 Å². The minimum atomic E-state index is -0.368. The summed E-state index contributed by atoms with van der Waals surface area (Å²) in [5.74, 6) is 0.827. The number of hydrogen-bond donors (Lipinski definition) is 1. The van der Waals surface area contributed by atoms with Crippen LogP contribution in [-0.4, -0.2) is 5.11 Å². The molecule has 0 aliphatic heterocycles. The van der Waals surface area contributed by atoms with Crippen molar-refractivity contribution in [3.8, 4) is 0 Å². The van der Waals surface area contributed by atoms with Gasteiger partial charge in [-0.3, -0.25) is 0 Å². The molecule has 84 valence electrons. The molecule has 1 unspecified atom stereocenters. The van der Waals surface area contributed by atoms with Gasteiger partial charge in [-0.25, -0.2) is 0 Å². The Labute approximate surface area is 91.6 Å². The van der Waals surface area contributed by atoms with E-state index >= 15 is 0 Å². The van der Waals surface area contributed by atoms with Crippen molar-refractivity contribution in [3.63, 3.8) is 0 Å². The summed E-state index contributed by atoms with van der Waals surface area (Å²) < 4.78 is 5.16. The first-order valence-corrected chi connectivity index (χ1v) is 5.58. The highest BCUT2D eigenvalue weighted by atomic mass is 16.3. The molecule has 2 nitrogen and oxygen atoms in total. The number of unbranched alkanes of at least 4 members (excludes halogenated alkanes) is 3. The van der Waals surface area contributed by atoms with Crippen LogP contribution in [0.1, 0.15) is 49.5 Å². The molecule has 0 saturated heterocycles. The molecule has 1 atom stereocenters. The lowest BCUT2D eigenvalue weighted by molar-refractivity contribution is 0.161. The second-order valence-electron chi connectivity index (χ2n) is 3.87. The zero-order chi connectivity index (χ0) is 11.1. The molecule has 2 heteroatoms. The van der Waals surface area contributed by atoms with E-state index in [4.69, 9.17) is 4.42 Å². The Morgan fingerprint density at radius 1 is 1.47 bits per heavy atom. The Balaban J connectivity index is 2.22. The number of hydrogen-bond acceptors (Lipinski definition) is 2. The van der Waals surface area contributed by atoms with Gasteiger partial charge >= 0.3 is 0 Å². The summed E-state index contributed by atoms with van der Waals surface area (Å²) in [6.45, 7) is 5.57. The highest BCUT2D eigenvalue weighted by Gasteiger charge is 2.11. The molecule has 0 aliphatic rings. The smallest absolute Gasteiger partial charge is 0.106 e. The van der Waals surface area contributed by atoms with Crippen LogP contribution in [0.5, 0.6) is 0 Å². The van der Waals surface area contributed by atoms with Crippen LogP contribution in [0.3, 0.4) is 0 Å². The largest absolute Gasteiger partial charge is 0.469 e. The summed E-state index contributed by atoms with van der Waals surface area (Å²) in [6.07, 6.45) is 8.47. The quantitative estimate of drug-likeness (QED) is 0.546. The summed E-state index contributed by atoms with van der Waals surface area (Å²) >= 11 is 0. The van der Waals surface area contributed by atoms with Gasteiger partial charge in [-0.05, 0) is 32.3 Å². The molecule has 0 spiro atoms. The van der Waals surface area contributed by atoms with Gasteiger partial charge in [0.05, 0.1) is 12.4 Å². The lowest BCUT2D eigenvalue weighted by Gasteiger charge is -2.08. The van der Waals surface area contributed by atoms with Crippen LogP contribution in [0, 0.1) is 6.92 Å². The normalized spacial score (nSPS) is 12.7. The van der Waals surface area contributed by atoms with Crippen molar-refractivity contribution < 1.29 is 9.52 Å². The van der Waals surface area contributed by atoms with Gasteiger partial charge in [0.25, 0.3) is 0 Å². The summed E-state index contributed by atoms with van der Waals surface area (Å²) in [4.78, 5) is 0. The summed E-state index contributed by atoms with van der Waals surface area (Å²) in [5, 5.41) is 9.87. The van der Waals surface area contributed by atoms with E-state index in [1.807, 2.05) is 19.1 Å². The van der Waals surface area contributed by atoms with Gasteiger partial charge < -0.3 is 9.52 Å². The predicted octanol–water partition coefficient (Wildman–Crippen LogP) is 3.76. The molecule has 0 bridgehead atoms. The van der Waals surface area contributed by atoms with E-state index < -0.39 is 0 Å². The molecule has 1 N–H and O–H groups in total. The zero-order valence-electron chi connectivity index (χ0n) is 9.41. The van der Waals surface area contributed by atoms with Gasteiger partial charge in [0.15, 0.2) is 0 Å². The lowest BCUT2D eigenvalue weighted by atomic mass is 10.0. The van der Waals surface area contributed by atoms with E-state index in [0.29, 0.717) is 0 Å². The molecule has 1 aromatic rings. The minimum absolute atomic E-state index is 0.368. The van der Waals surface area contributed by atoms with E-state index in [0.717, 1.165) is 37.0 Å². The molecule has 1 aromatic heterocycles. The van der Waals surface area contributed by atoms with Crippen LogP contribution in [0.2, 0.25) is 0 Å². The fraction of sp³-hybridized carbons (Fsp3) is 0.538.